The van der Waals surface area contributed by atoms with Crippen molar-refractivity contribution >= 4 is 5.69 Å². The topological polar surface area (TPSA) is 96.5 Å². The molecule has 1 radical (unpaired) electrons. The van der Waals surface area contributed by atoms with E-state index in [9.17, 15) is 15.3 Å². The lowest BCUT2D eigenvalue weighted by Crippen LogP contribution is -2.30. The molecule has 0 fully saturated rings. The SMILES string of the molecule is CC(C)C(CO)Nc1c(C[NH])ccc(O)c1O. The number of rotatable bonds is 5. The molecule has 0 aliphatic heterocycles. The summed E-state index contributed by atoms with van der Waals surface area (Å²) in [5, 5.41) is 31.4. The number of aromatic hydroxyl groups is 2. The largest absolute Gasteiger partial charge is 0.504 e. The first-order valence-electron chi connectivity index (χ1n) is 5.57. The van der Waals surface area contributed by atoms with Gasteiger partial charge in [0.05, 0.1) is 18.3 Å². The number of phenolic OH excluding ortho intramolecular Hbond substituents is 2. The van der Waals surface area contributed by atoms with Gasteiger partial charge in [-0.25, -0.2) is 0 Å². The third-order valence-corrected chi connectivity index (χ3v) is 2.76. The van der Waals surface area contributed by atoms with Gasteiger partial charge in [-0.15, -0.1) is 0 Å². The lowest BCUT2D eigenvalue weighted by molar-refractivity contribution is 0.249. The number of benzene rings is 1. The second kappa shape index (κ2) is 5.75. The molecule has 5 heteroatoms. The van der Waals surface area contributed by atoms with Crippen LogP contribution in [-0.2, 0) is 6.54 Å². The molecule has 1 aromatic rings. The highest BCUT2D eigenvalue weighted by Gasteiger charge is 2.17. The molecular weight excluding hydrogens is 220 g/mol. The summed E-state index contributed by atoms with van der Waals surface area (Å²) in [6.07, 6.45) is 0. The molecule has 5 N–H and O–H groups in total. The minimum absolute atomic E-state index is 0.00752. The molecule has 0 saturated heterocycles. The van der Waals surface area contributed by atoms with Gasteiger partial charge >= 0.3 is 0 Å². The van der Waals surface area contributed by atoms with Crippen LogP contribution in [0.1, 0.15) is 19.4 Å². The van der Waals surface area contributed by atoms with Crippen LogP contribution in [0.4, 0.5) is 5.69 Å². The minimum atomic E-state index is -0.270. The molecule has 1 rings (SSSR count). The van der Waals surface area contributed by atoms with Crippen LogP contribution in [0.15, 0.2) is 12.1 Å². The zero-order chi connectivity index (χ0) is 13.0. The average molecular weight is 239 g/mol. The van der Waals surface area contributed by atoms with E-state index in [0.29, 0.717) is 11.3 Å². The smallest absolute Gasteiger partial charge is 0.181 e. The molecule has 1 unspecified atom stereocenters. The van der Waals surface area contributed by atoms with E-state index in [1.165, 1.54) is 6.07 Å². The van der Waals surface area contributed by atoms with Gasteiger partial charge in [-0.2, -0.15) is 0 Å². The van der Waals surface area contributed by atoms with E-state index < -0.39 is 0 Å². The molecule has 0 spiro atoms. The van der Waals surface area contributed by atoms with Gasteiger partial charge < -0.3 is 20.6 Å². The maximum atomic E-state index is 9.76. The molecule has 0 bridgehead atoms. The number of aliphatic hydroxyl groups is 1. The van der Waals surface area contributed by atoms with Crippen molar-refractivity contribution in [1.82, 2.24) is 5.73 Å². The third-order valence-electron chi connectivity index (χ3n) is 2.76. The number of nitrogens with one attached hydrogen (secondary N) is 2. The Morgan fingerprint density at radius 2 is 1.94 bits per heavy atom. The normalized spacial score (nSPS) is 12.8. The molecule has 0 heterocycles. The quantitative estimate of drug-likeness (QED) is 0.582. The second-order valence-electron chi connectivity index (χ2n) is 4.32. The van der Waals surface area contributed by atoms with Crippen molar-refractivity contribution in [2.75, 3.05) is 11.9 Å². The zero-order valence-corrected chi connectivity index (χ0v) is 10.1. The monoisotopic (exact) mass is 239 g/mol. The van der Waals surface area contributed by atoms with Crippen molar-refractivity contribution in [3.8, 4) is 11.5 Å². The van der Waals surface area contributed by atoms with Crippen LogP contribution < -0.4 is 11.1 Å². The summed E-state index contributed by atoms with van der Waals surface area (Å²) >= 11 is 0. The Hall–Kier alpha value is -1.46. The van der Waals surface area contributed by atoms with Gasteiger partial charge in [-0.05, 0) is 17.5 Å². The summed E-state index contributed by atoms with van der Waals surface area (Å²) in [4.78, 5) is 0. The van der Waals surface area contributed by atoms with Gasteiger partial charge in [-0.3, -0.25) is 5.73 Å². The lowest BCUT2D eigenvalue weighted by atomic mass is 10.0. The fourth-order valence-corrected chi connectivity index (χ4v) is 1.54. The predicted molar refractivity (Wildman–Crippen MR) is 65.9 cm³/mol. The summed E-state index contributed by atoms with van der Waals surface area (Å²) in [6, 6.07) is 2.71. The first-order valence-corrected chi connectivity index (χ1v) is 5.57. The minimum Gasteiger partial charge on any atom is -0.504 e. The van der Waals surface area contributed by atoms with Gasteiger partial charge in [0.25, 0.3) is 0 Å². The van der Waals surface area contributed by atoms with E-state index in [1.54, 1.807) is 6.07 Å². The van der Waals surface area contributed by atoms with E-state index in [4.69, 9.17) is 5.73 Å². The molecule has 0 aliphatic carbocycles. The molecule has 0 saturated carbocycles. The van der Waals surface area contributed by atoms with Crippen molar-refractivity contribution in [1.29, 1.82) is 0 Å². The maximum Gasteiger partial charge on any atom is 0.181 e. The first kappa shape index (κ1) is 13.6. The van der Waals surface area contributed by atoms with E-state index in [-0.39, 0.29) is 36.6 Å². The molecule has 95 valence electrons. The Balaban J connectivity index is 3.07. The molecule has 0 aromatic heterocycles. The van der Waals surface area contributed by atoms with Crippen molar-refractivity contribution in [3.05, 3.63) is 17.7 Å². The Kier molecular flexibility index (Phi) is 4.60. The number of anilines is 1. The number of hydrogen-bond donors (Lipinski definition) is 4. The van der Waals surface area contributed by atoms with Crippen LogP contribution in [0.3, 0.4) is 0 Å². The second-order valence-corrected chi connectivity index (χ2v) is 4.32. The summed E-state index contributed by atoms with van der Waals surface area (Å²) in [6.45, 7) is 3.79. The fourth-order valence-electron chi connectivity index (χ4n) is 1.54. The Morgan fingerprint density at radius 1 is 1.29 bits per heavy atom. The third kappa shape index (κ3) is 3.01. The fraction of sp³-hybridized carbons (Fsp3) is 0.500. The highest BCUT2D eigenvalue weighted by atomic mass is 16.3. The summed E-state index contributed by atoms with van der Waals surface area (Å²) < 4.78 is 0. The summed E-state index contributed by atoms with van der Waals surface area (Å²) in [5.41, 5.74) is 8.27. The molecular formula is C12H19N2O3. The number of aliphatic hydroxyl groups excluding tert-OH is 1. The van der Waals surface area contributed by atoms with Gasteiger partial charge in [0.2, 0.25) is 0 Å². The van der Waals surface area contributed by atoms with E-state index in [2.05, 4.69) is 5.32 Å². The predicted octanol–water partition coefficient (Wildman–Crippen LogP) is 1.31. The number of hydrogen-bond acceptors (Lipinski definition) is 4. The molecule has 1 aromatic carbocycles. The van der Waals surface area contributed by atoms with Gasteiger partial charge in [0.1, 0.15) is 0 Å². The molecule has 17 heavy (non-hydrogen) atoms. The zero-order valence-electron chi connectivity index (χ0n) is 10.1. The van der Waals surface area contributed by atoms with Gasteiger partial charge in [-0.1, -0.05) is 19.9 Å². The molecule has 1 atom stereocenters. The Labute approximate surface area is 101 Å². The van der Waals surface area contributed by atoms with E-state index in [0.717, 1.165) is 0 Å². The highest BCUT2D eigenvalue weighted by molar-refractivity contribution is 5.67. The van der Waals surface area contributed by atoms with Crippen molar-refractivity contribution in [3.63, 3.8) is 0 Å². The number of phenols is 2. The summed E-state index contributed by atoms with van der Waals surface area (Å²) in [5.74, 6) is -0.334. The van der Waals surface area contributed by atoms with Crippen LogP contribution in [0, 0.1) is 5.92 Å². The average Bonchev–Trinajstić information content (AvgIpc) is 2.30. The van der Waals surface area contributed by atoms with Crippen molar-refractivity contribution in [2.45, 2.75) is 26.4 Å². The maximum absolute atomic E-state index is 9.76. The van der Waals surface area contributed by atoms with Crippen LogP contribution in [0.2, 0.25) is 0 Å². The van der Waals surface area contributed by atoms with Crippen LogP contribution in [0.25, 0.3) is 0 Å². The Morgan fingerprint density at radius 3 is 2.41 bits per heavy atom. The van der Waals surface area contributed by atoms with Gasteiger partial charge in [0.15, 0.2) is 11.5 Å². The van der Waals surface area contributed by atoms with Gasteiger partial charge in [0, 0.05) is 6.54 Å². The highest BCUT2D eigenvalue weighted by Crippen LogP contribution is 2.36. The Bertz CT molecular complexity index is 380. The molecule has 5 nitrogen and oxygen atoms in total. The van der Waals surface area contributed by atoms with Crippen molar-refractivity contribution in [2.24, 2.45) is 5.92 Å². The lowest BCUT2D eigenvalue weighted by Gasteiger charge is -2.23. The summed E-state index contributed by atoms with van der Waals surface area (Å²) in [7, 11) is 0. The first-order chi connectivity index (χ1) is 8.01. The standard InChI is InChI=1S/C12H19N2O3/c1-7(2)9(6-15)14-11-8(5-13)3-4-10(16)12(11)17/h3-4,7,9,13-17H,5-6H2,1-2H3. The van der Waals surface area contributed by atoms with E-state index in [1.807, 2.05) is 13.8 Å². The van der Waals surface area contributed by atoms with Crippen LogP contribution in [0.5, 0.6) is 11.5 Å². The van der Waals surface area contributed by atoms with Crippen molar-refractivity contribution < 1.29 is 15.3 Å². The van der Waals surface area contributed by atoms with Crippen LogP contribution in [-0.4, -0.2) is 28.0 Å². The molecule has 0 aliphatic rings. The van der Waals surface area contributed by atoms with E-state index >= 15 is 0 Å². The van der Waals surface area contributed by atoms with Crippen LogP contribution >= 0.6 is 0 Å². The molecule has 0 amide bonds.